The van der Waals surface area contributed by atoms with E-state index in [0.29, 0.717) is 11.3 Å². The van der Waals surface area contributed by atoms with Crippen LogP contribution >= 0.6 is 11.6 Å². The van der Waals surface area contributed by atoms with Gasteiger partial charge in [0, 0.05) is 12.8 Å². The number of methoxy groups -OCH3 is 2. The molecule has 0 atom stereocenters. The molecule has 2 rings (SSSR count). The molecular formula is C19H21ClN2O6. The van der Waals surface area contributed by atoms with Crippen molar-refractivity contribution in [2.75, 3.05) is 32.8 Å². The van der Waals surface area contributed by atoms with Gasteiger partial charge in [-0.25, -0.2) is 9.59 Å². The molecule has 0 fully saturated rings. The quantitative estimate of drug-likeness (QED) is 0.538. The van der Waals surface area contributed by atoms with Gasteiger partial charge in [-0.05, 0) is 37.6 Å². The molecule has 1 heterocycles. The van der Waals surface area contributed by atoms with Crippen molar-refractivity contribution in [1.82, 2.24) is 4.98 Å². The van der Waals surface area contributed by atoms with Crippen LogP contribution in [-0.2, 0) is 14.2 Å². The van der Waals surface area contributed by atoms with Gasteiger partial charge < -0.3 is 24.5 Å². The van der Waals surface area contributed by atoms with Crippen molar-refractivity contribution in [2.45, 2.75) is 13.8 Å². The number of aryl methyl sites for hydroxylation is 1. The molecule has 0 radical (unpaired) electrons. The first-order valence-electron chi connectivity index (χ1n) is 8.34. The standard InChI is InChI=1S/C19H21ClN2O6/c1-10-15(19(25)28-8-7-26-3)11(2)21-16(10)17(23)22-14-9-12(18(24)27-4)5-6-13(14)20/h5-6,9,21H,7-8H2,1-4H3,(H,22,23). The third kappa shape index (κ3) is 4.71. The van der Waals surface area contributed by atoms with Crippen molar-refractivity contribution in [3.05, 3.63) is 51.3 Å². The Kier molecular flexibility index (Phi) is 7.19. The lowest BCUT2D eigenvalue weighted by atomic mass is 10.1. The molecule has 0 aliphatic rings. The smallest absolute Gasteiger partial charge is 0.340 e. The Labute approximate surface area is 167 Å². The summed E-state index contributed by atoms with van der Waals surface area (Å²) in [6, 6.07) is 4.38. The molecule has 0 bridgehead atoms. The Bertz CT molecular complexity index is 906. The predicted octanol–water partition coefficient (Wildman–Crippen LogP) is 3.13. The summed E-state index contributed by atoms with van der Waals surface area (Å²) in [4.78, 5) is 39.5. The van der Waals surface area contributed by atoms with Gasteiger partial charge in [0.1, 0.15) is 12.3 Å². The molecule has 9 heteroatoms. The third-order valence-corrected chi connectivity index (χ3v) is 4.35. The zero-order valence-corrected chi connectivity index (χ0v) is 16.7. The largest absolute Gasteiger partial charge is 0.465 e. The van der Waals surface area contributed by atoms with E-state index in [-0.39, 0.29) is 40.7 Å². The van der Waals surface area contributed by atoms with Crippen LogP contribution in [0.1, 0.15) is 42.5 Å². The molecule has 1 aromatic heterocycles. The zero-order valence-electron chi connectivity index (χ0n) is 16.0. The second-order valence-electron chi connectivity index (χ2n) is 5.89. The summed E-state index contributed by atoms with van der Waals surface area (Å²) in [6.07, 6.45) is 0. The van der Waals surface area contributed by atoms with Gasteiger partial charge in [0.25, 0.3) is 5.91 Å². The van der Waals surface area contributed by atoms with Gasteiger partial charge in [-0.2, -0.15) is 0 Å². The molecule has 2 aromatic rings. The Hall–Kier alpha value is -2.84. The minimum Gasteiger partial charge on any atom is -0.465 e. The van der Waals surface area contributed by atoms with Gasteiger partial charge in [0.05, 0.1) is 35.6 Å². The number of carbonyl (C=O) groups is 3. The van der Waals surface area contributed by atoms with Crippen molar-refractivity contribution in [3.63, 3.8) is 0 Å². The highest BCUT2D eigenvalue weighted by Crippen LogP contribution is 2.25. The van der Waals surface area contributed by atoms with E-state index in [1.165, 1.54) is 32.4 Å². The summed E-state index contributed by atoms with van der Waals surface area (Å²) in [5.41, 5.74) is 1.90. The Morgan fingerprint density at radius 2 is 1.82 bits per heavy atom. The average Bonchev–Trinajstić information content (AvgIpc) is 2.97. The summed E-state index contributed by atoms with van der Waals surface area (Å²) >= 11 is 6.11. The summed E-state index contributed by atoms with van der Waals surface area (Å²) in [5.74, 6) is -1.62. The number of aromatic amines is 1. The number of amides is 1. The molecule has 0 unspecified atom stereocenters. The van der Waals surface area contributed by atoms with Crippen LogP contribution in [0.4, 0.5) is 5.69 Å². The van der Waals surface area contributed by atoms with Crippen LogP contribution in [-0.4, -0.2) is 50.3 Å². The highest BCUT2D eigenvalue weighted by atomic mass is 35.5. The van der Waals surface area contributed by atoms with Gasteiger partial charge in [0.2, 0.25) is 0 Å². The number of carbonyl (C=O) groups excluding carboxylic acids is 3. The van der Waals surface area contributed by atoms with Gasteiger partial charge in [-0.3, -0.25) is 4.79 Å². The van der Waals surface area contributed by atoms with E-state index < -0.39 is 17.8 Å². The number of hydrogen-bond acceptors (Lipinski definition) is 6. The molecule has 0 aliphatic carbocycles. The fourth-order valence-electron chi connectivity index (χ4n) is 2.62. The van der Waals surface area contributed by atoms with E-state index in [1.54, 1.807) is 13.8 Å². The fraction of sp³-hybridized carbons (Fsp3) is 0.316. The van der Waals surface area contributed by atoms with Crippen molar-refractivity contribution >= 4 is 35.1 Å². The Balaban J connectivity index is 2.25. The highest BCUT2D eigenvalue weighted by Gasteiger charge is 2.23. The number of benzene rings is 1. The van der Waals surface area contributed by atoms with Gasteiger partial charge in [-0.1, -0.05) is 11.6 Å². The number of ether oxygens (including phenoxy) is 3. The number of halogens is 1. The average molecular weight is 409 g/mol. The Morgan fingerprint density at radius 1 is 1.11 bits per heavy atom. The first-order valence-corrected chi connectivity index (χ1v) is 8.72. The molecule has 28 heavy (non-hydrogen) atoms. The summed E-state index contributed by atoms with van der Waals surface area (Å²) < 4.78 is 14.6. The molecule has 0 saturated carbocycles. The van der Waals surface area contributed by atoms with Gasteiger partial charge >= 0.3 is 11.9 Å². The van der Waals surface area contributed by atoms with Gasteiger partial charge in [-0.15, -0.1) is 0 Å². The van der Waals surface area contributed by atoms with E-state index in [4.69, 9.17) is 21.1 Å². The summed E-state index contributed by atoms with van der Waals surface area (Å²) in [6.45, 7) is 3.69. The van der Waals surface area contributed by atoms with E-state index in [2.05, 4.69) is 15.0 Å². The van der Waals surface area contributed by atoms with Crippen LogP contribution in [0.2, 0.25) is 5.02 Å². The SMILES string of the molecule is COCCOC(=O)c1c(C)[nH]c(C(=O)Nc2cc(C(=O)OC)ccc2Cl)c1C. The second-order valence-corrected chi connectivity index (χ2v) is 6.30. The zero-order chi connectivity index (χ0) is 20.8. The number of anilines is 1. The maximum Gasteiger partial charge on any atom is 0.340 e. The highest BCUT2D eigenvalue weighted by molar-refractivity contribution is 6.34. The molecule has 8 nitrogen and oxygen atoms in total. The number of esters is 2. The monoisotopic (exact) mass is 408 g/mol. The van der Waals surface area contributed by atoms with Crippen LogP contribution in [0.3, 0.4) is 0 Å². The summed E-state index contributed by atoms with van der Waals surface area (Å²) in [5, 5.41) is 2.89. The minimum absolute atomic E-state index is 0.108. The number of H-pyrrole nitrogens is 1. The third-order valence-electron chi connectivity index (χ3n) is 4.02. The van der Waals surface area contributed by atoms with Crippen LogP contribution in [0, 0.1) is 13.8 Å². The van der Waals surface area contributed by atoms with Crippen molar-refractivity contribution in [1.29, 1.82) is 0 Å². The van der Waals surface area contributed by atoms with Crippen LogP contribution in [0.25, 0.3) is 0 Å². The lowest BCUT2D eigenvalue weighted by Gasteiger charge is -2.09. The number of rotatable bonds is 7. The lowest BCUT2D eigenvalue weighted by Crippen LogP contribution is -2.15. The predicted molar refractivity (Wildman–Crippen MR) is 103 cm³/mol. The Morgan fingerprint density at radius 3 is 2.46 bits per heavy atom. The number of hydrogen-bond donors (Lipinski definition) is 2. The first kappa shape index (κ1) is 21.5. The minimum atomic E-state index is -0.555. The lowest BCUT2D eigenvalue weighted by molar-refractivity contribution is 0.0386. The second kappa shape index (κ2) is 9.38. The summed E-state index contributed by atoms with van der Waals surface area (Å²) in [7, 11) is 2.76. The molecule has 1 amide bonds. The van der Waals surface area contributed by atoms with Crippen LogP contribution < -0.4 is 5.32 Å². The molecule has 0 spiro atoms. The normalized spacial score (nSPS) is 10.5. The molecule has 2 N–H and O–H groups in total. The maximum atomic E-state index is 12.7. The molecule has 150 valence electrons. The molecular weight excluding hydrogens is 388 g/mol. The van der Waals surface area contributed by atoms with Gasteiger partial charge in [0.15, 0.2) is 0 Å². The van der Waals surface area contributed by atoms with E-state index >= 15 is 0 Å². The van der Waals surface area contributed by atoms with E-state index in [9.17, 15) is 14.4 Å². The topological polar surface area (TPSA) is 107 Å². The van der Waals surface area contributed by atoms with E-state index in [1.807, 2.05) is 0 Å². The number of aromatic nitrogens is 1. The fourth-order valence-corrected chi connectivity index (χ4v) is 2.79. The molecule has 1 aromatic carbocycles. The molecule has 0 saturated heterocycles. The van der Waals surface area contributed by atoms with Crippen molar-refractivity contribution in [3.8, 4) is 0 Å². The number of nitrogens with one attached hydrogen (secondary N) is 2. The maximum absolute atomic E-state index is 12.7. The van der Waals surface area contributed by atoms with Crippen molar-refractivity contribution < 1.29 is 28.6 Å². The van der Waals surface area contributed by atoms with E-state index in [0.717, 1.165) is 0 Å². The van der Waals surface area contributed by atoms with Crippen molar-refractivity contribution in [2.24, 2.45) is 0 Å². The van der Waals surface area contributed by atoms with Crippen LogP contribution in [0.5, 0.6) is 0 Å². The van der Waals surface area contributed by atoms with Crippen LogP contribution in [0.15, 0.2) is 18.2 Å². The first-order chi connectivity index (χ1) is 13.3. The molecule has 0 aliphatic heterocycles.